The highest BCUT2D eigenvalue weighted by Crippen LogP contribution is 2.32. The highest BCUT2D eigenvalue weighted by atomic mass is 35.5. The highest BCUT2D eigenvalue weighted by Gasteiger charge is 2.38. The van der Waals surface area contributed by atoms with Crippen LogP contribution in [0, 0.1) is 6.92 Å². The van der Waals surface area contributed by atoms with Crippen LogP contribution in [0.3, 0.4) is 0 Å². The minimum Gasteiger partial charge on any atom is -0.462 e. The number of carbonyl (C=O) groups excluding carboxylic acids is 3. The standard InChI is InChI=1S/C11H15ClN2O3S2.C10H11NO3.C2H6/c1-7-10(4-11(12)18-7)19(16,17)13(3)9-5-14(6-9)8(2)15;1-2-14-10(13)8-4-3-5-9(6-8)11-7-12;1-2/h4,9H,5-6H2,1-3H3;3-7H,2H2,1H3,(H,11,12);1-2H3. The molecule has 1 aromatic carbocycles. The van der Waals surface area contributed by atoms with Gasteiger partial charge in [0.15, 0.2) is 0 Å². The van der Waals surface area contributed by atoms with Crippen LogP contribution in [-0.2, 0) is 24.3 Å². The van der Waals surface area contributed by atoms with Gasteiger partial charge in [0.2, 0.25) is 22.3 Å². The fraction of sp³-hybridized carbons (Fsp3) is 0.435. The van der Waals surface area contributed by atoms with Gasteiger partial charge in [0.05, 0.1) is 27.4 Å². The topological polar surface area (TPSA) is 113 Å². The first-order chi connectivity index (χ1) is 16.5. The molecule has 0 bridgehead atoms. The van der Waals surface area contributed by atoms with Crippen molar-refractivity contribution >= 4 is 56.9 Å². The van der Waals surface area contributed by atoms with Gasteiger partial charge in [-0.3, -0.25) is 9.59 Å². The molecule has 2 heterocycles. The lowest BCUT2D eigenvalue weighted by Gasteiger charge is -2.42. The van der Waals surface area contributed by atoms with Gasteiger partial charge in [0.25, 0.3) is 0 Å². The molecule has 1 saturated heterocycles. The maximum absolute atomic E-state index is 12.4. The van der Waals surface area contributed by atoms with Crippen molar-refractivity contribution in [3.63, 3.8) is 0 Å². The number of likely N-dealkylation sites (N-methyl/N-ethyl adjacent to an activating group) is 1. The van der Waals surface area contributed by atoms with Crippen LogP contribution in [0.25, 0.3) is 0 Å². The van der Waals surface area contributed by atoms with Crippen molar-refractivity contribution in [2.45, 2.75) is 45.6 Å². The minimum atomic E-state index is -3.54. The zero-order valence-electron chi connectivity index (χ0n) is 20.7. The smallest absolute Gasteiger partial charge is 0.338 e. The van der Waals surface area contributed by atoms with Gasteiger partial charge in [-0.1, -0.05) is 31.5 Å². The van der Waals surface area contributed by atoms with Gasteiger partial charge in [-0.2, -0.15) is 4.31 Å². The number of nitrogens with zero attached hydrogens (tertiary/aromatic N) is 2. The van der Waals surface area contributed by atoms with E-state index in [2.05, 4.69) is 5.32 Å². The van der Waals surface area contributed by atoms with E-state index in [1.54, 1.807) is 50.1 Å². The molecule has 0 unspecified atom stereocenters. The van der Waals surface area contributed by atoms with E-state index in [-0.39, 0.29) is 22.8 Å². The predicted octanol–water partition coefficient (Wildman–Crippen LogP) is 4.02. The molecule has 2 aromatic rings. The van der Waals surface area contributed by atoms with Crippen molar-refractivity contribution in [2.75, 3.05) is 32.1 Å². The minimum absolute atomic E-state index is 0.0307. The molecule has 194 valence electrons. The monoisotopic (exact) mass is 545 g/mol. The first-order valence-corrected chi connectivity index (χ1v) is 13.6. The summed E-state index contributed by atoms with van der Waals surface area (Å²) in [4.78, 5) is 35.1. The van der Waals surface area contributed by atoms with Crippen LogP contribution in [0.1, 0.15) is 42.9 Å². The van der Waals surface area contributed by atoms with E-state index in [1.807, 2.05) is 13.8 Å². The average molecular weight is 546 g/mol. The maximum Gasteiger partial charge on any atom is 0.338 e. The second-order valence-electron chi connectivity index (χ2n) is 7.13. The fourth-order valence-corrected chi connectivity index (χ4v) is 6.13. The number of aryl methyl sites for hydroxylation is 1. The Balaban J connectivity index is 0.000000341. The Bertz CT molecular complexity index is 1110. The number of rotatable bonds is 7. The Hall–Kier alpha value is -2.47. The van der Waals surface area contributed by atoms with Crippen molar-refractivity contribution in [2.24, 2.45) is 0 Å². The lowest BCUT2D eigenvalue weighted by molar-refractivity contribution is -0.134. The van der Waals surface area contributed by atoms with Crippen molar-refractivity contribution in [3.8, 4) is 0 Å². The number of sulfonamides is 1. The number of benzene rings is 1. The van der Waals surface area contributed by atoms with Gasteiger partial charge >= 0.3 is 5.97 Å². The molecule has 12 heteroatoms. The maximum atomic E-state index is 12.4. The molecule has 0 atom stereocenters. The first kappa shape index (κ1) is 30.6. The van der Waals surface area contributed by atoms with Gasteiger partial charge in [0, 0.05) is 37.6 Å². The summed E-state index contributed by atoms with van der Waals surface area (Å²) >= 11 is 7.10. The molecule has 3 rings (SSSR count). The van der Waals surface area contributed by atoms with E-state index in [9.17, 15) is 22.8 Å². The Labute approximate surface area is 216 Å². The predicted molar refractivity (Wildman–Crippen MR) is 138 cm³/mol. The molecule has 9 nitrogen and oxygen atoms in total. The summed E-state index contributed by atoms with van der Waals surface area (Å²) in [6, 6.07) is 7.89. The van der Waals surface area contributed by atoms with E-state index in [0.717, 1.165) is 0 Å². The van der Waals surface area contributed by atoms with Crippen molar-refractivity contribution in [3.05, 3.63) is 45.1 Å². The number of halogens is 1. The zero-order chi connectivity index (χ0) is 26.8. The summed E-state index contributed by atoms with van der Waals surface area (Å²) in [6.45, 7) is 10.2. The Morgan fingerprint density at radius 2 is 1.91 bits per heavy atom. The van der Waals surface area contributed by atoms with E-state index in [0.29, 0.717) is 46.6 Å². The average Bonchev–Trinajstić information content (AvgIpc) is 3.13. The van der Waals surface area contributed by atoms with E-state index in [4.69, 9.17) is 16.3 Å². The Kier molecular flexibility index (Phi) is 12.4. The molecule has 2 amide bonds. The third kappa shape index (κ3) is 8.31. The number of hydrogen-bond donors (Lipinski definition) is 1. The van der Waals surface area contributed by atoms with Crippen LogP contribution in [0.2, 0.25) is 4.34 Å². The molecular weight excluding hydrogens is 514 g/mol. The molecule has 1 fully saturated rings. The Morgan fingerprint density at radius 1 is 1.29 bits per heavy atom. The number of hydrogen-bond acceptors (Lipinski definition) is 7. The number of amides is 2. The fourth-order valence-electron chi connectivity index (χ4n) is 3.00. The molecule has 0 spiro atoms. The molecule has 1 aromatic heterocycles. The number of ether oxygens (including phenoxy) is 1. The van der Waals surface area contributed by atoms with Crippen LogP contribution in [0.4, 0.5) is 5.69 Å². The van der Waals surface area contributed by atoms with Crippen LogP contribution in [0.5, 0.6) is 0 Å². The third-order valence-corrected chi connectivity index (χ3v) is 8.27. The molecular formula is C23H32ClN3O6S2. The van der Waals surface area contributed by atoms with Gasteiger partial charge in [-0.15, -0.1) is 11.3 Å². The van der Waals surface area contributed by atoms with Gasteiger partial charge in [0.1, 0.15) is 0 Å². The second kappa shape index (κ2) is 14.2. The molecule has 0 saturated carbocycles. The zero-order valence-corrected chi connectivity index (χ0v) is 23.1. The largest absolute Gasteiger partial charge is 0.462 e. The van der Waals surface area contributed by atoms with E-state index in [1.165, 1.54) is 28.6 Å². The summed E-state index contributed by atoms with van der Waals surface area (Å²) in [5.74, 6) is -0.418. The SMILES string of the molecule is CC.CC(=O)N1CC(N(C)S(=O)(=O)c2cc(Cl)sc2C)C1.CCOC(=O)c1cccc(NC=O)c1. The summed E-state index contributed by atoms with van der Waals surface area (Å²) < 4.78 is 31.5. The first-order valence-electron chi connectivity index (χ1n) is 11.0. The molecule has 1 aliphatic heterocycles. The molecule has 35 heavy (non-hydrogen) atoms. The normalized spacial score (nSPS) is 13.0. The van der Waals surface area contributed by atoms with Crippen LogP contribution >= 0.6 is 22.9 Å². The van der Waals surface area contributed by atoms with E-state index >= 15 is 0 Å². The lowest BCUT2D eigenvalue weighted by Crippen LogP contribution is -2.60. The number of anilines is 1. The van der Waals surface area contributed by atoms with Crippen LogP contribution < -0.4 is 5.32 Å². The summed E-state index contributed by atoms with van der Waals surface area (Å²) in [6.07, 6.45) is 0.560. The van der Waals surface area contributed by atoms with Crippen molar-refractivity contribution in [1.82, 2.24) is 9.21 Å². The molecule has 1 N–H and O–H groups in total. The number of esters is 1. The number of carbonyl (C=O) groups is 3. The third-order valence-electron chi connectivity index (χ3n) is 4.92. The quantitative estimate of drug-likeness (QED) is 0.415. The van der Waals surface area contributed by atoms with Crippen molar-refractivity contribution in [1.29, 1.82) is 0 Å². The van der Waals surface area contributed by atoms with Crippen molar-refractivity contribution < 1.29 is 27.5 Å². The van der Waals surface area contributed by atoms with Gasteiger partial charge < -0.3 is 15.0 Å². The number of likely N-dealkylation sites (tertiary alicyclic amines) is 1. The molecule has 0 aliphatic carbocycles. The number of thiophene rings is 1. The number of nitrogens with one attached hydrogen (secondary N) is 1. The van der Waals surface area contributed by atoms with Gasteiger partial charge in [-0.05, 0) is 38.1 Å². The van der Waals surface area contributed by atoms with Gasteiger partial charge in [-0.25, -0.2) is 13.2 Å². The van der Waals surface area contributed by atoms with E-state index < -0.39 is 10.0 Å². The highest BCUT2D eigenvalue weighted by molar-refractivity contribution is 7.89. The van der Waals surface area contributed by atoms with Crippen LogP contribution in [0.15, 0.2) is 35.2 Å². The summed E-state index contributed by atoms with van der Waals surface area (Å²) in [5, 5.41) is 2.46. The summed E-state index contributed by atoms with van der Waals surface area (Å²) in [7, 11) is -1.99. The Morgan fingerprint density at radius 3 is 2.40 bits per heavy atom. The lowest BCUT2D eigenvalue weighted by atomic mass is 10.1. The summed E-state index contributed by atoms with van der Waals surface area (Å²) in [5.41, 5.74) is 1.00. The molecule has 0 radical (unpaired) electrons. The molecule has 1 aliphatic rings. The van der Waals surface area contributed by atoms with Crippen LogP contribution in [-0.4, -0.2) is 68.7 Å². The second-order valence-corrected chi connectivity index (χ2v) is 11.0.